The molecule has 0 bridgehead atoms. The largest absolute Gasteiger partial charge is 0.481 e. The molecule has 1 amide bonds. The Morgan fingerprint density at radius 2 is 1.79 bits per heavy atom. The second-order valence-corrected chi connectivity index (χ2v) is 4.64. The third-order valence-corrected chi connectivity index (χ3v) is 2.49. The molecular weight excluding hydrogens is 263 g/mol. The van der Waals surface area contributed by atoms with Crippen LogP contribution in [0.5, 0.6) is 0 Å². The van der Waals surface area contributed by atoms with Gasteiger partial charge in [0.15, 0.2) is 17.5 Å². The van der Waals surface area contributed by atoms with Crippen LogP contribution in [0.4, 0.5) is 18.9 Å². The Labute approximate surface area is 107 Å². The van der Waals surface area contributed by atoms with Gasteiger partial charge in [-0.1, -0.05) is 0 Å². The Kier molecular flexibility index (Phi) is 4.18. The van der Waals surface area contributed by atoms with Gasteiger partial charge in [-0.2, -0.15) is 0 Å². The SMILES string of the molecule is CC(C)(CC(=O)Nc1ccc(F)c(F)c1F)C(=O)O. The van der Waals surface area contributed by atoms with Crippen LogP contribution in [-0.2, 0) is 9.59 Å². The summed E-state index contributed by atoms with van der Waals surface area (Å²) in [6.45, 7) is 2.63. The van der Waals surface area contributed by atoms with Crippen LogP contribution >= 0.6 is 0 Å². The monoisotopic (exact) mass is 275 g/mol. The summed E-state index contributed by atoms with van der Waals surface area (Å²) in [5.74, 6) is -6.61. The van der Waals surface area contributed by atoms with E-state index in [1.54, 1.807) is 0 Å². The highest BCUT2D eigenvalue weighted by molar-refractivity contribution is 5.94. The molecule has 0 saturated carbocycles. The van der Waals surface area contributed by atoms with Gasteiger partial charge in [0, 0.05) is 6.42 Å². The van der Waals surface area contributed by atoms with Crippen molar-refractivity contribution in [1.29, 1.82) is 0 Å². The minimum absolute atomic E-state index is 0.430. The molecule has 4 nitrogen and oxygen atoms in total. The van der Waals surface area contributed by atoms with Gasteiger partial charge < -0.3 is 10.4 Å². The first kappa shape index (κ1) is 15.0. The molecule has 2 N–H and O–H groups in total. The van der Waals surface area contributed by atoms with Gasteiger partial charge in [-0.25, -0.2) is 13.2 Å². The Morgan fingerprint density at radius 1 is 1.21 bits per heavy atom. The lowest BCUT2D eigenvalue weighted by Gasteiger charge is -2.18. The molecule has 7 heteroatoms. The van der Waals surface area contributed by atoms with Crippen LogP contribution < -0.4 is 5.32 Å². The van der Waals surface area contributed by atoms with Crippen molar-refractivity contribution in [2.45, 2.75) is 20.3 Å². The van der Waals surface area contributed by atoms with E-state index >= 15 is 0 Å². The lowest BCUT2D eigenvalue weighted by atomic mass is 9.89. The number of carbonyl (C=O) groups excluding carboxylic acids is 1. The first-order chi connectivity index (χ1) is 8.65. The van der Waals surface area contributed by atoms with Crippen LogP contribution in [0.3, 0.4) is 0 Å². The first-order valence-corrected chi connectivity index (χ1v) is 5.32. The summed E-state index contributed by atoms with van der Waals surface area (Å²) in [6.07, 6.45) is -0.430. The Hall–Kier alpha value is -2.05. The zero-order chi connectivity index (χ0) is 14.8. The fourth-order valence-electron chi connectivity index (χ4n) is 1.29. The van der Waals surface area contributed by atoms with E-state index in [0.29, 0.717) is 6.07 Å². The maximum atomic E-state index is 13.3. The van der Waals surface area contributed by atoms with Crippen molar-refractivity contribution < 1.29 is 27.9 Å². The van der Waals surface area contributed by atoms with E-state index in [0.717, 1.165) is 6.07 Å². The third-order valence-electron chi connectivity index (χ3n) is 2.49. The number of anilines is 1. The van der Waals surface area contributed by atoms with Crippen molar-refractivity contribution in [1.82, 2.24) is 0 Å². The predicted molar refractivity (Wildman–Crippen MR) is 61.0 cm³/mol. The second kappa shape index (κ2) is 5.29. The van der Waals surface area contributed by atoms with Gasteiger partial charge in [-0.15, -0.1) is 0 Å². The molecule has 0 unspecified atom stereocenters. The molecule has 0 radical (unpaired) electrons. The highest BCUT2D eigenvalue weighted by Crippen LogP contribution is 2.23. The number of hydrogen-bond acceptors (Lipinski definition) is 2. The molecule has 0 heterocycles. The van der Waals surface area contributed by atoms with Crippen LogP contribution in [0.1, 0.15) is 20.3 Å². The Balaban J connectivity index is 2.84. The average Bonchev–Trinajstić information content (AvgIpc) is 2.29. The Morgan fingerprint density at radius 3 is 2.32 bits per heavy atom. The number of halogens is 3. The molecule has 1 aromatic rings. The highest BCUT2D eigenvalue weighted by atomic mass is 19.2. The van der Waals surface area contributed by atoms with Crippen molar-refractivity contribution in [3.05, 3.63) is 29.6 Å². The second-order valence-electron chi connectivity index (χ2n) is 4.64. The van der Waals surface area contributed by atoms with Gasteiger partial charge >= 0.3 is 5.97 Å². The molecule has 0 aromatic heterocycles. The van der Waals surface area contributed by atoms with E-state index in [-0.39, 0.29) is 0 Å². The zero-order valence-electron chi connectivity index (χ0n) is 10.3. The molecular formula is C12H12F3NO3. The van der Waals surface area contributed by atoms with E-state index in [1.165, 1.54) is 13.8 Å². The lowest BCUT2D eigenvalue weighted by Crippen LogP contribution is -2.29. The number of hydrogen-bond donors (Lipinski definition) is 2. The lowest BCUT2D eigenvalue weighted by molar-refractivity contribution is -0.148. The standard InChI is InChI=1S/C12H12F3NO3/c1-12(2,11(18)19)5-8(17)16-7-4-3-6(13)9(14)10(7)15/h3-4H,5H2,1-2H3,(H,16,17)(H,18,19). The minimum atomic E-state index is -1.70. The summed E-state index contributed by atoms with van der Waals surface area (Å²) in [5.41, 5.74) is -1.89. The molecule has 0 aliphatic rings. The normalized spacial score (nSPS) is 11.2. The maximum Gasteiger partial charge on any atom is 0.309 e. The third kappa shape index (κ3) is 3.46. The number of aliphatic carboxylic acids is 1. The number of amides is 1. The molecule has 1 rings (SSSR count). The predicted octanol–water partition coefficient (Wildman–Crippen LogP) is 2.54. The van der Waals surface area contributed by atoms with Crippen LogP contribution in [-0.4, -0.2) is 17.0 Å². The maximum absolute atomic E-state index is 13.3. The number of carboxylic acids is 1. The molecule has 0 fully saturated rings. The van der Waals surface area contributed by atoms with Crippen molar-refractivity contribution >= 4 is 17.6 Å². The summed E-state index contributed by atoms with van der Waals surface area (Å²) >= 11 is 0. The van der Waals surface area contributed by atoms with Gasteiger partial charge in [0.1, 0.15) is 0 Å². The van der Waals surface area contributed by atoms with Gasteiger partial charge in [0.2, 0.25) is 5.91 Å². The zero-order valence-corrected chi connectivity index (χ0v) is 10.3. The molecule has 0 aliphatic carbocycles. The number of benzene rings is 1. The molecule has 1 aromatic carbocycles. The molecule has 0 saturated heterocycles. The van der Waals surface area contributed by atoms with E-state index in [9.17, 15) is 22.8 Å². The Bertz CT molecular complexity index is 529. The van der Waals surface area contributed by atoms with Gasteiger partial charge in [0.25, 0.3) is 0 Å². The van der Waals surface area contributed by atoms with Crippen molar-refractivity contribution in [2.75, 3.05) is 5.32 Å². The molecule has 104 valence electrons. The van der Waals surface area contributed by atoms with Gasteiger partial charge in [-0.3, -0.25) is 9.59 Å². The van der Waals surface area contributed by atoms with Gasteiger partial charge in [0.05, 0.1) is 11.1 Å². The number of rotatable bonds is 4. The molecule has 19 heavy (non-hydrogen) atoms. The average molecular weight is 275 g/mol. The summed E-state index contributed by atoms with van der Waals surface area (Å²) in [6, 6.07) is 1.52. The summed E-state index contributed by atoms with van der Waals surface area (Å²) in [7, 11) is 0. The summed E-state index contributed by atoms with van der Waals surface area (Å²) < 4.78 is 38.8. The highest BCUT2D eigenvalue weighted by Gasteiger charge is 2.30. The van der Waals surface area contributed by atoms with Crippen LogP contribution in [0, 0.1) is 22.9 Å². The van der Waals surface area contributed by atoms with Crippen LogP contribution in [0.15, 0.2) is 12.1 Å². The molecule has 0 atom stereocenters. The molecule has 0 spiro atoms. The van der Waals surface area contributed by atoms with E-state index in [4.69, 9.17) is 5.11 Å². The number of carboxylic acid groups (broad SMARTS) is 1. The number of carbonyl (C=O) groups is 2. The van der Waals surface area contributed by atoms with Crippen LogP contribution in [0.25, 0.3) is 0 Å². The fraction of sp³-hybridized carbons (Fsp3) is 0.333. The summed E-state index contributed by atoms with van der Waals surface area (Å²) in [5, 5.41) is 10.8. The number of nitrogens with one attached hydrogen (secondary N) is 1. The first-order valence-electron chi connectivity index (χ1n) is 5.32. The van der Waals surface area contributed by atoms with Crippen molar-refractivity contribution in [3.8, 4) is 0 Å². The van der Waals surface area contributed by atoms with Gasteiger partial charge in [-0.05, 0) is 26.0 Å². The quantitative estimate of drug-likeness (QED) is 0.830. The minimum Gasteiger partial charge on any atom is -0.481 e. The summed E-state index contributed by atoms with van der Waals surface area (Å²) in [4.78, 5) is 22.3. The van der Waals surface area contributed by atoms with E-state index in [1.807, 2.05) is 5.32 Å². The van der Waals surface area contributed by atoms with E-state index in [2.05, 4.69) is 0 Å². The molecule has 0 aliphatic heterocycles. The topological polar surface area (TPSA) is 66.4 Å². The fourth-order valence-corrected chi connectivity index (χ4v) is 1.29. The van der Waals surface area contributed by atoms with E-state index < -0.39 is 46.9 Å². The van der Waals surface area contributed by atoms with Crippen LogP contribution in [0.2, 0.25) is 0 Å². The van der Waals surface area contributed by atoms with Crippen molar-refractivity contribution in [2.24, 2.45) is 5.41 Å². The van der Waals surface area contributed by atoms with Crippen molar-refractivity contribution in [3.63, 3.8) is 0 Å². The smallest absolute Gasteiger partial charge is 0.309 e.